The van der Waals surface area contributed by atoms with E-state index in [1.807, 2.05) is 29.2 Å². The minimum Gasteiger partial charge on any atom is -0.317 e. The van der Waals surface area contributed by atoms with Crippen molar-refractivity contribution in [1.82, 2.24) is 15.3 Å². The quantitative estimate of drug-likeness (QED) is 0.657. The summed E-state index contributed by atoms with van der Waals surface area (Å²) in [4.78, 5) is 32.1. The van der Waals surface area contributed by atoms with Crippen LogP contribution in [0.1, 0.15) is 29.9 Å². The number of nitrogens with one attached hydrogen (secondary N) is 3. The maximum Gasteiger partial charge on any atom is 0.323 e. The van der Waals surface area contributed by atoms with E-state index < -0.39 is 0 Å². The molecule has 5 rings (SSSR count). The van der Waals surface area contributed by atoms with E-state index in [1.54, 1.807) is 0 Å². The van der Waals surface area contributed by atoms with Gasteiger partial charge in [0.2, 0.25) is 5.91 Å². The van der Waals surface area contributed by atoms with Crippen molar-refractivity contribution in [3.05, 3.63) is 64.1 Å². The molecule has 6 heteroatoms. The molecule has 1 unspecified atom stereocenters. The van der Waals surface area contributed by atoms with Gasteiger partial charge >= 0.3 is 5.69 Å². The van der Waals surface area contributed by atoms with Crippen LogP contribution in [0.2, 0.25) is 0 Å². The minimum atomic E-state index is -0.225. The maximum absolute atomic E-state index is 13.2. The van der Waals surface area contributed by atoms with Crippen LogP contribution in [0.4, 0.5) is 5.69 Å². The third-order valence-electron chi connectivity index (χ3n) is 6.20. The first-order valence-corrected chi connectivity index (χ1v) is 10.00. The fourth-order valence-electron chi connectivity index (χ4n) is 4.79. The molecule has 2 aromatic carbocycles. The van der Waals surface area contributed by atoms with Gasteiger partial charge in [-0.2, -0.15) is 0 Å². The normalized spacial score (nSPS) is 19.9. The largest absolute Gasteiger partial charge is 0.323 e. The van der Waals surface area contributed by atoms with Crippen molar-refractivity contribution in [2.75, 3.05) is 24.5 Å². The number of fused-ring (bicyclic) bond motifs is 2. The molecule has 6 nitrogen and oxygen atoms in total. The Morgan fingerprint density at radius 3 is 2.68 bits per heavy atom. The lowest BCUT2D eigenvalue weighted by Gasteiger charge is -2.28. The number of para-hydroxylation sites is 1. The van der Waals surface area contributed by atoms with Crippen molar-refractivity contribution in [3.8, 4) is 0 Å². The molecule has 2 aliphatic rings. The molecular formula is C22H24N4O2. The summed E-state index contributed by atoms with van der Waals surface area (Å²) in [5.74, 6) is 1.16. The molecule has 0 radical (unpaired) electrons. The van der Waals surface area contributed by atoms with Gasteiger partial charge in [-0.1, -0.05) is 24.3 Å². The highest BCUT2D eigenvalue weighted by molar-refractivity contribution is 5.97. The standard InChI is InChI=1S/C22H24N4O2/c27-21(12-14-5-6-18-19(11-14)25-22(28)24-18)26-13-17(15-7-9-23-10-8-15)16-3-1-2-4-20(16)26/h1-6,11,15,17,23H,7-10,12-13H2,(H2,24,25,28). The Morgan fingerprint density at radius 2 is 1.82 bits per heavy atom. The van der Waals surface area contributed by atoms with Crippen LogP contribution in [0.25, 0.3) is 11.0 Å². The molecule has 0 aliphatic carbocycles. The molecule has 0 saturated carbocycles. The summed E-state index contributed by atoms with van der Waals surface area (Å²) in [6, 6.07) is 14.0. The number of carbonyl (C=O) groups excluding carboxylic acids is 1. The Kier molecular flexibility index (Phi) is 4.28. The van der Waals surface area contributed by atoms with Crippen molar-refractivity contribution in [1.29, 1.82) is 0 Å². The first kappa shape index (κ1) is 17.3. The molecule has 3 N–H and O–H groups in total. The highest BCUT2D eigenvalue weighted by Crippen LogP contribution is 2.43. The highest BCUT2D eigenvalue weighted by Gasteiger charge is 2.36. The van der Waals surface area contributed by atoms with Crippen LogP contribution in [0, 0.1) is 5.92 Å². The summed E-state index contributed by atoms with van der Waals surface area (Å²) in [6.07, 6.45) is 2.66. The third kappa shape index (κ3) is 3.03. The summed E-state index contributed by atoms with van der Waals surface area (Å²) in [6.45, 7) is 2.89. The van der Waals surface area contributed by atoms with Gasteiger partial charge in [-0.05, 0) is 61.2 Å². The van der Waals surface area contributed by atoms with Crippen molar-refractivity contribution >= 4 is 22.6 Å². The number of H-pyrrole nitrogens is 2. The molecule has 28 heavy (non-hydrogen) atoms. The van der Waals surface area contributed by atoms with Gasteiger partial charge in [-0.15, -0.1) is 0 Å². The zero-order valence-electron chi connectivity index (χ0n) is 15.7. The van der Waals surface area contributed by atoms with E-state index in [0.29, 0.717) is 18.3 Å². The molecule has 0 spiro atoms. The number of anilines is 1. The second-order valence-electron chi connectivity index (χ2n) is 7.89. The second-order valence-corrected chi connectivity index (χ2v) is 7.89. The Balaban J connectivity index is 1.40. The van der Waals surface area contributed by atoms with E-state index in [-0.39, 0.29) is 11.6 Å². The van der Waals surface area contributed by atoms with Crippen molar-refractivity contribution in [2.24, 2.45) is 5.92 Å². The number of aromatic amines is 2. The highest BCUT2D eigenvalue weighted by atomic mass is 16.2. The number of imidazole rings is 1. The number of amides is 1. The number of hydrogen-bond acceptors (Lipinski definition) is 3. The van der Waals surface area contributed by atoms with Crippen LogP contribution < -0.4 is 15.9 Å². The summed E-state index contributed by atoms with van der Waals surface area (Å²) in [5.41, 5.74) is 4.57. The molecule has 3 heterocycles. The molecule has 2 aliphatic heterocycles. The van der Waals surface area contributed by atoms with E-state index in [2.05, 4.69) is 33.5 Å². The van der Waals surface area contributed by atoms with Gasteiger partial charge < -0.3 is 20.2 Å². The molecular weight excluding hydrogens is 352 g/mol. The predicted molar refractivity (Wildman–Crippen MR) is 110 cm³/mol. The summed E-state index contributed by atoms with van der Waals surface area (Å²) in [5, 5.41) is 3.44. The van der Waals surface area contributed by atoms with Gasteiger partial charge in [0, 0.05) is 18.2 Å². The molecule has 144 valence electrons. The van der Waals surface area contributed by atoms with Crippen LogP contribution in [0.5, 0.6) is 0 Å². The van der Waals surface area contributed by atoms with Crippen LogP contribution in [-0.2, 0) is 11.2 Å². The predicted octanol–water partition coefficient (Wildman–Crippen LogP) is 2.53. The van der Waals surface area contributed by atoms with E-state index in [1.165, 1.54) is 18.4 Å². The topological polar surface area (TPSA) is 81.0 Å². The average molecular weight is 376 g/mol. The number of nitrogens with zero attached hydrogens (tertiary/aromatic N) is 1. The number of piperidine rings is 1. The molecule has 3 aromatic rings. The van der Waals surface area contributed by atoms with Gasteiger partial charge in [0.15, 0.2) is 0 Å². The zero-order chi connectivity index (χ0) is 19.1. The van der Waals surface area contributed by atoms with Gasteiger partial charge in [0.25, 0.3) is 0 Å². The van der Waals surface area contributed by atoms with E-state index >= 15 is 0 Å². The zero-order valence-corrected chi connectivity index (χ0v) is 15.7. The van der Waals surface area contributed by atoms with E-state index in [0.717, 1.165) is 41.9 Å². The van der Waals surface area contributed by atoms with Crippen molar-refractivity contribution in [2.45, 2.75) is 25.2 Å². The second kappa shape index (κ2) is 6.95. The summed E-state index contributed by atoms with van der Waals surface area (Å²) < 4.78 is 0. The summed E-state index contributed by atoms with van der Waals surface area (Å²) >= 11 is 0. The maximum atomic E-state index is 13.2. The lowest BCUT2D eigenvalue weighted by Crippen LogP contribution is -2.35. The van der Waals surface area contributed by atoms with Gasteiger partial charge in [0.1, 0.15) is 0 Å². The number of hydrogen-bond donors (Lipinski definition) is 3. The van der Waals surface area contributed by atoms with E-state index in [4.69, 9.17) is 0 Å². The first-order chi connectivity index (χ1) is 13.7. The number of rotatable bonds is 3. The Hall–Kier alpha value is -2.86. The molecule has 0 bridgehead atoms. The number of carbonyl (C=O) groups is 1. The van der Waals surface area contributed by atoms with E-state index in [9.17, 15) is 9.59 Å². The number of aromatic nitrogens is 2. The number of benzene rings is 2. The van der Waals surface area contributed by atoms with Gasteiger partial charge in [0.05, 0.1) is 17.5 Å². The lowest BCUT2D eigenvalue weighted by atomic mass is 9.82. The third-order valence-corrected chi connectivity index (χ3v) is 6.20. The van der Waals surface area contributed by atoms with Crippen LogP contribution in [0.15, 0.2) is 47.3 Å². The fraction of sp³-hybridized carbons (Fsp3) is 0.364. The monoisotopic (exact) mass is 376 g/mol. The first-order valence-electron chi connectivity index (χ1n) is 10.00. The lowest BCUT2D eigenvalue weighted by molar-refractivity contribution is -0.117. The van der Waals surface area contributed by atoms with Crippen LogP contribution in [-0.4, -0.2) is 35.5 Å². The fourth-order valence-corrected chi connectivity index (χ4v) is 4.79. The minimum absolute atomic E-state index is 0.112. The SMILES string of the molecule is O=C(Cc1ccc2[nH]c(=O)[nH]c2c1)N1CC(C2CCNCC2)c2ccccc21. The van der Waals surface area contributed by atoms with Crippen LogP contribution >= 0.6 is 0 Å². The van der Waals surface area contributed by atoms with Gasteiger partial charge in [-0.25, -0.2) is 4.79 Å². The molecule has 1 atom stereocenters. The Labute approximate surface area is 163 Å². The molecule has 1 fully saturated rings. The molecule has 1 saturated heterocycles. The van der Waals surface area contributed by atoms with Gasteiger partial charge in [-0.3, -0.25) is 4.79 Å². The Morgan fingerprint density at radius 1 is 1.04 bits per heavy atom. The van der Waals surface area contributed by atoms with Crippen molar-refractivity contribution < 1.29 is 4.79 Å². The van der Waals surface area contributed by atoms with Crippen LogP contribution in [0.3, 0.4) is 0 Å². The molecule has 1 aromatic heterocycles. The Bertz CT molecular complexity index is 1080. The summed E-state index contributed by atoms with van der Waals surface area (Å²) in [7, 11) is 0. The average Bonchev–Trinajstić information content (AvgIpc) is 3.28. The van der Waals surface area contributed by atoms with Crippen molar-refractivity contribution in [3.63, 3.8) is 0 Å². The molecule has 1 amide bonds. The smallest absolute Gasteiger partial charge is 0.317 e.